The fraction of sp³-hybridized carbons (Fsp3) is 0.0952. The molecule has 0 saturated heterocycles. The molecule has 8 heteroatoms. The summed E-state index contributed by atoms with van der Waals surface area (Å²) in [5.74, 6) is 0.176. The van der Waals surface area contributed by atoms with Crippen LogP contribution in [0.3, 0.4) is 0 Å². The summed E-state index contributed by atoms with van der Waals surface area (Å²) in [5, 5.41) is 0. The normalized spacial score (nSPS) is 10.1. The minimum atomic E-state index is -0.514. The largest absolute Gasteiger partial charge is 0.489 e. The number of hydrogen-bond donors (Lipinski definition) is 3. The van der Waals surface area contributed by atoms with Gasteiger partial charge in [-0.3, -0.25) is 20.4 Å². The highest BCUT2D eigenvalue weighted by atomic mass is 32.1. The number of nitrogens with one attached hydrogen (secondary N) is 3. The Kier molecular flexibility index (Phi) is 6.96. The van der Waals surface area contributed by atoms with Crippen LogP contribution in [0.25, 0.3) is 0 Å². The van der Waals surface area contributed by atoms with Crippen LogP contribution < -0.4 is 20.3 Å². The molecule has 1 aromatic heterocycles. The second-order valence-electron chi connectivity index (χ2n) is 5.95. The lowest BCUT2D eigenvalue weighted by Gasteiger charge is -2.10. The van der Waals surface area contributed by atoms with Gasteiger partial charge in [-0.1, -0.05) is 42.5 Å². The van der Waals surface area contributed by atoms with Crippen molar-refractivity contribution in [1.82, 2.24) is 15.8 Å². The van der Waals surface area contributed by atoms with Crippen LogP contribution in [-0.4, -0.2) is 23.4 Å². The molecule has 0 aliphatic heterocycles. The Labute approximate surface area is 172 Å². The zero-order valence-corrected chi connectivity index (χ0v) is 16.2. The molecule has 7 nitrogen and oxygen atoms in total. The van der Waals surface area contributed by atoms with Crippen LogP contribution in [0.5, 0.6) is 11.5 Å². The van der Waals surface area contributed by atoms with Crippen molar-refractivity contribution in [2.75, 3.05) is 6.61 Å². The molecule has 2 aromatic carbocycles. The van der Waals surface area contributed by atoms with Gasteiger partial charge < -0.3 is 14.5 Å². The van der Waals surface area contributed by atoms with Gasteiger partial charge in [0.25, 0.3) is 11.8 Å². The maximum Gasteiger partial charge on any atom is 0.276 e. The smallest absolute Gasteiger partial charge is 0.276 e. The third kappa shape index (κ3) is 6.18. The van der Waals surface area contributed by atoms with Crippen molar-refractivity contribution < 1.29 is 19.1 Å². The number of carbonyl (C=O) groups is 2. The quantitative estimate of drug-likeness (QED) is 0.412. The number of rotatable bonds is 7. The highest BCUT2D eigenvalue weighted by molar-refractivity contribution is 7.71. The van der Waals surface area contributed by atoms with Gasteiger partial charge >= 0.3 is 0 Å². The van der Waals surface area contributed by atoms with Crippen molar-refractivity contribution in [2.24, 2.45) is 0 Å². The summed E-state index contributed by atoms with van der Waals surface area (Å²) in [7, 11) is 0. The predicted molar refractivity (Wildman–Crippen MR) is 110 cm³/mol. The summed E-state index contributed by atoms with van der Waals surface area (Å²) in [6.45, 7) is 0.209. The van der Waals surface area contributed by atoms with E-state index in [9.17, 15) is 9.59 Å². The van der Waals surface area contributed by atoms with Gasteiger partial charge in [0.1, 0.15) is 22.7 Å². The molecule has 0 fully saturated rings. The monoisotopic (exact) mass is 409 g/mol. The Bertz CT molecular complexity index is 1020. The number of aromatic nitrogens is 1. The molecular weight excluding hydrogens is 390 g/mol. The Morgan fingerprint density at radius 3 is 2.24 bits per heavy atom. The highest BCUT2D eigenvalue weighted by Gasteiger charge is 2.09. The van der Waals surface area contributed by atoms with Crippen LogP contribution in [-0.2, 0) is 11.4 Å². The van der Waals surface area contributed by atoms with Crippen molar-refractivity contribution in [2.45, 2.75) is 6.61 Å². The molecule has 0 saturated carbocycles. The second kappa shape index (κ2) is 10.0. The topological polar surface area (TPSA) is 92.4 Å². The summed E-state index contributed by atoms with van der Waals surface area (Å²) in [5.41, 5.74) is 5.90. The lowest BCUT2D eigenvalue weighted by molar-refractivity contribution is -0.123. The third-order valence-electron chi connectivity index (χ3n) is 3.82. The molecule has 0 aliphatic rings. The van der Waals surface area contributed by atoms with Gasteiger partial charge in [0, 0.05) is 6.20 Å². The maximum atomic E-state index is 12.0. The van der Waals surface area contributed by atoms with Crippen LogP contribution >= 0.6 is 12.2 Å². The molecule has 0 aliphatic carbocycles. The van der Waals surface area contributed by atoms with Crippen LogP contribution in [0.1, 0.15) is 15.9 Å². The number of aromatic amines is 1. The van der Waals surface area contributed by atoms with Gasteiger partial charge in [-0.25, -0.2) is 0 Å². The van der Waals surface area contributed by atoms with Gasteiger partial charge in [-0.15, -0.1) is 0 Å². The van der Waals surface area contributed by atoms with Crippen LogP contribution in [0.4, 0.5) is 0 Å². The van der Waals surface area contributed by atoms with Crippen molar-refractivity contribution >= 4 is 24.0 Å². The van der Waals surface area contributed by atoms with E-state index in [2.05, 4.69) is 15.8 Å². The molecule has 3 N–H and O–H groups in total. The number of H-pyrrole nitrogens is 1. The fourth-order valence-electron chi connectivity index (χ4n) is 2.35. The molecule has 1 heterocycles. The van der Waals surface area contributed by atoms with Crippen LogP contribution in [0, 0.1) is 4.64 Å². The minimum absolute atomic E-state index is 0.258. The zero-order chi connectivity index (χ0) is 20.5. The Balaban J connectivity index is 1.41. The average Bonchev–Trinajstić information content (AvgIpc) is 2.76. The summed E-state index contributed by atoms with van der Waals surface area (Å²) >= 11 is 5.02. The van der Waals surface area contributed by atoms with Gasteiger partial charge in [0.15, 0.2) is 6.61 Å². The van der Waals surface area contributed by atoms with Gasteiger partial charge in [0.05, 0.1) is 5.56 Å². The van der Waals surface area contributed by atoms with E-state index in [0.29, 0.717) is 18.1 Å². The lowest BCUT2D eigenvalue weighted by atomic mass is 10.2. The first kappa shape index (κ1) is 20.1. The summed E-state index contributed by atoms with van der Waals surface area (Å²) in [6.07, 6.45) is 1.61. The summed E-state index contributed by atoms with van der Waals surface area (Å²) in [6, 6.07) is 20.0. The minimum Gasteiger partial charge on any atom is -0.489 e. The number of hydrazine groups is 1. The molecule has 148 valence electrons. The van der Waals surface area contributed by atoms with E-state index < -0.39 is 11.8 Å². The number of ether oxygens (including phenoxy) is 2. The number of benzene rings is 2. The first-order valence-corrected chi connectivity index (χ1v) is 9.19. The molecule has 0 unspecified atom stereocenters. The van der Waals surface area contributed by atoms with Crippen molar-refractivity contribution in [3.8, 4) is 11.5 Å². The average molecular weight is 409 g/mol. The first-order valence-electron chi connectivity index (χ1n) is 8.78. The van der Waals surface area contributed by atoms with Gasteiger partial charge in [0.2, 0.25) is 0 Å². The van der Waals surface area contributed by atoms with Crippen molar-refractivity contribution in [3.05, 3.63) is 88.7 Å². The maximum absolute atomic E-state index is 12.0. The molecule has 3 aromatic rings. The molecular formula is C21H19N3O4S. The molecule has 3 rings (SSSR count). The third-order valence-corrected chi connectivity index (χ3v) is 4.16. The molecule has 2 amide bonds. The van der Waals surface area contributed by atoms with Gasteiger partial charge in [-0.2, -0.15) is 0 Å². The first-order chi connectivity index (χ1) is 14.1. The Hall–Kier alpha value is -3.65. The summed E-state index contributed by atoms with van der Waals surface area (Å²) in [4.78, 5) is 26.6. The molecule has 0 bridgehead atoms. The van der Waals surface area contributed by atoms with Gasteiger partial charge in [-0.05, 0) is 42.0 Å². The molecule has 0 radical (unpaired) electrons. The molecule has 29 heavy (non-hydrogen) atoms. The second-order valence-corrected chi connectivity index (χ2v) is 6.36. The SMILES string of the molecule is O=C(COc1ccc(OCc2ccccc2)cc1)NNC(=O)c1ccc[nH]c1=S. The Morgan fingerprint density at radius 2 is 1.55 bits per heavy atom. The summed E-state index contributed by atoms with van der Waals surface area (Å²) < 4.78 is 11.4. The van der Waals surface area contributed by atoms with E-state index in [4.69, 9.17) is 21.7 Å². The highest BCUT2D eigenvalue weighted by Crippen LogP contribution is 2.18. The lowest BCUT2D eigenvalue weighted by Crippen LogP contribution is -2.44. The Morgan fingerprint density at radius 1 is 0.862 bits per heavy atom. The van der Waals surface area contributed by atoms with E-state index >= 15 is 0 Å². The number of carbonyl (C=O) groups excluding carboxylic acids is 2. The van der Waals surface area contributed by atoms with Crippen LogP contribution in [0.15, 0.2) is 72.9 Å². The van der Waals surface area contributed by atoms with E-state index in [-0.39, 0.29) is 16.8 Å². The number of hydrogen-bond acceptors (Lipinski definition) is 5. The predicted octanol–water partition coefficient (Wildman–Crippen LogP) is 3.16. The molecule has 0 spiro atoms. The van der Waals surface area contributed by atoms with E-state index in [1.165, 1.54) is 0 Å². The molecule has 0 atom stereocenters. The standard InChI is InChI=1S/C21H19N3O4S/c25-19(23-24-20(26)18-7-4-12-22-21(18)29)14-28-17-10-8-16(9-11-17)27-13-15-5-2-1-3-6-15/h1-12H,13-14H2,(H,22,29)(H,23,25)(H,24,26). The van der Waals surface area contributed by atoms with Crippen LogP contribution in [0.2, 0.25) is 0 Å². The number of pyridine rings is 1. The number of amides is 2. The van der Waals surface area contributed by atoms with E-state index in [1.54, 1.807) is 42.6 Å². The van der Waals surface area contributed by atoms with E-state index in [1.807, 2.05) is 30.3 Å². The van der Waals surface area contributed by atoms with Crippen molar-refractivity contribution in [1.29, 1.82) is 0 Å². The van der Waals surface area contributed by atoms with Crippen molar-refractivity contribution in [3.63, 3.8) is 0 Å². The van der Waals surface area contributed by atoms with E-state index in [0.717, 1.165) is 5.56 Å². The zero-order valence-electron chi connectivity index (χ0n) is 15.4. The fourth-order valence-corrected chi connectivity index (χ4v) is 2.58.